The molecule has 1 aromatic heterocycles. The van der Waals surface area contributed by atoms with Gasteiger partial charge in [0.1, 0.15) is 10.6 Å². The summed E-state index contributed by atoms with van der Waals surface area (Å²) in [6.45, 7) is 2.50. The van der Waals surface area contributed by atoms with E-state index < -0.39 is 6.09 Å². The summed E-state index contributed by atoms with van der Waals surface area (Å²) in [5.41, 5.74) is 0.422. The van der Waals surface area contributed by atoms with E-state index in [2.05, 4.69) is 10.3 Å². The lowest BCUT2D eigenvalue weighted by molar-refractivity contribution is 0.0977. The maximum absolute atomic E-state index is 12.2. The van der Waals surface area contributed by atoms with Gasteiger partial charge < -0.3 is 15.3 Å². The van der Waals surface area contributed by atoms with Gasteiger partial charge in [-0.2, -0.15) is 0 Å². The van der Waals surface area contributed by atoms with Crippen molar-refractivity contribution in [3.05, 3.63) is 27.4 Å². The third-order valence-corrected chi connectivity index (χ3v) is 3.99. The largest absolute Gasteiger partial charge is 0.465 e. The number of allylic oxidation sites excluding steroid dienone is 2. The molecule has 0 unspecified atom stereocenters. The summed E-state index contributed by atoms with van der Waals surface area (Å²) in [5.74, 6) is -0.513. The zero-order valence-electron chi connectivity index (χ0n) is 11.7. The molecule has 0 aromatic carbocycles. The fourth-order valence-electron chi connectivity index (χ4n) is 1.90. The molecule has 1 aliphatic rings. The molecule has 0 radical (unpaired) electrons. The van der Waals surface area contributed by atoms with Crippen LogP contribution in [0.25, 0.3) is 0 Å². The van der Waals surface area contributed by atoms with E-state index in [4.69, 9.17) is 5.11 Å². The molecule has 0 atom stereocenters. The number of fused-ring (bicyclic) bond motifs is 1. The number of carbonyl (C=O) groups is 3. The maximum atomic E-state index is 12.2. The molecule has 7 nitrogen and oxygen atoms in total. The highest BCUT2D eigenvalue weighted by atomic mass is 32.1. The summed E-state index contributed by atoms with van der Waals surface area (Å²) in [6, 6.07) is 0. The second-order valence-electron chi connectivity index (χ2n) is 4.65. The van der Waals surface area contributed by atoms with Crippen LogP contribution in [0.1, 0.15) is 31.6 Å². The Morgan fingerprint density at radius 2 is 2.19 bits per heavy atom. The summed E-state index contributed by atoms with van der Waals surface area (Å²) in [4.78, 5) is 40.3. The molecule has 2 N–H and O–H groups in total. The smallest absolute Gasteiger partial charge is 0.407 e. The molecule has 0 aliphatic heterocycles. The van der Waals surface area contributed by atoms with E-state index in [1.165, 1.54) is 24.5 Å². The SMILES string of the molecule is Cc1nc2c(s1)C(=O)C=C(NCCCN(C)C(=O)O)C2=O. The first kappa shape index (κ1) is 15.2. The number of aromatic nitrogens is 1. The summed E-state index contributed by atoms with van der Waals surface area (Å²) in [6.07, 6.45) is 0.814. The molecule has 112 valence electrons. The van der Waals surface area contributed by atoms with Crippen molar-refractivity contribution < 1.29 is 19.5 Å². The van der Waals surface area contributed by atoms with Crippen LogP contribution in [0.15, 0.2) is 11.8 Å². The standard InChI is InChI=1S/C13H15N3O4S/c1-7-15-10-11(18)8(6-9(17)12(10)21-7)14-4-3-5-16(2)13(19)20/h6,14H,3-5H2,1-2H3,(H,19,20). The number of hydrogen-bond acceptors (Lipinski definition) is 6. The predicted molar refractivity (Wildman–Crippen MR) is 76.9 cm³/mol. The van der Waals surface area contributed by atoms with Crippen molar-refractivity contribution in [2.24, 2.45) is 0 Å². The van der Waals surface area contributed by atoms with E-state index in [9.17, 15) is 14.4 Å². The Hall–Kier alpha value is -2.22. The number of aryl methyl sites for hydroxylation is 1. The molecule has 1 amide bonds. The zero-order valence-corrected chi connectivity index (χ0v) is 12.5. The highest BCUT2D eigenvalue weighted by molar-refractivity contribution is 7.14. The Kier molecular flexibility index (Phi) is 4.37. The molecular weight excluding hydrogens is 294 g/mol. The van der Waals surface area contributed by atoms with Gasteiger partial charge in [-0.3, -0.25) is 9.59 Å². The number of ketones is 2. The minimum Gasteiger partial charge on any atom is -0.465 e. The van der Waals surface area contributed by atoms with E-state index in [1.54, 1.807) is 6.92 Å². The third-order valence-electron chi connectivity index (χ3n) is 3.01. The van der Waals surface area contributed by atoms with Crippen molar-refractivity contribution in [2.45, 2.75) is 13.3 Å². The van der Waals surface area contributed by atoms with Crippen LogP contribution >= 0.6 is 11.3 Å². The highest BCUT2D eigenvalue weighted by Gasteiger charge is 2.29. The van der Waals surface area contributed by atoms with Crippen LogP contribution in [0, 0.1) is 6.92 Å². The molecule has 2 rings (SSSR count). The Morgan fingerprint density at radius 3 is 2.86 bits per heavy atom. The molecule has 0 bridgehead atoms. The van der Waals surface area contributed by atoms with Crippen LogP contribution in [-0.2, 0) is 0 Å². The van der Waals surface area contributed by atoms with Crippen LogP contribution in [-0.4, -0.2) is 52.8 Å². The summed E-state index contributed by atoms with van der Waals surface area (Å²) in [7, 11) is 1.47. The van der Waals surface area contributed by atoms with Gasteiger partial charge in [-0.25, -0.2) is 9.78 Å². The van der Waals surface area contributed by atoms with Crippen molar-refractivity contribution in [3.63, 3.8) is 0 Å². The number of hydrogen-bond donors (Lipinski definition) is 2. The van der Waals surface area contributed by atoms with Gasteiger partial charge in [-0.1, -0.05) is 0 Å². The molecule has 1 aliphatic carbocycles. The van der Waals surface area contributed by atoms with E-state index in [-0.39, 0.29) is 23.0 Å². The van der Waals surface area contributed by atoms with E-state index >= 15 is 0 Å². The molecule has 21 heavy (non-hydrogen) atoms. The predicted octanol–water partition coefficient (Wildman–Crippen LogP) is 1.30. The topological polar surface area (TPSA) is 99.6 Å². The highest BCUT2D eigenvalue weighted by Crippen LogP contribution is 2.25. The van der Waals surface area contributed by atoms with Crippen molar-refractivity contribution in [2.75, 3.05) is 20.1 Å². The van der Waals surface area contributed by atoms with Gasteiger partial charge in [0.2, 0.25) is 5.78 Å². The number of amides is 1. The minimum atomic E-state index is -0.999. The van der Waals surface area contributed by atoms with Gasteiger partial charge >= 0.3 is 6.09 Å². The number of carboxylic acid groups (broad SMARTS) is 1. The fourth-order valence-corrected chi connectivity index (χ4v) is 2.73. The number of Topliss-reactive ketones (excluding diaryl/α,β-unsaturated/α-hetero) is 1. The van der Waals surface area contributed by atoms with Gasteiger partial charge in [0.05, 0.1) is 10.7 Å². The van der Waals surface area contributed by atoms with Crippen molar-refractivity contribution in [1.82, 2.24) is 15.2 Å². The Balaban J connectivity index is 1.94. The van der Waals surface area contributed by atoms with Crippen molar-refractivity contribution in [1.29, 1.82) is 0 Å². The normalized spacial score (nSPS) is 13.7. The van der Waals surface area contributed by atoms with Crippen LogP contribution in [0.2, 0.25) is 0 Å². The zero-order chi connectivity index (χ0) is 15.6. The number of carbonyl (C=O) groups excluding carboxylic acids is 2. The quantitative estimate of drug-likeness (QED) is 0.795. The van der Waals surface area contributed by atoms with Crippen molar-refractivity contribution in [3.8, 4) is 0 Å². The second kappa shape index (κ2) is 6.04. The Bertz CT molecular complexity index is 635. The van der Waals surface area contributed by atoms with Crippen molar-refractivity contribution >= 4 is 29.0 Å². The number of nitrogens with one attached hydrogen (secondary N) is 1. The van der Waals surface area contributed by atoms with E-state index in [0.717, 1.165) is 4.90 Å². The van der Waals surface area contributed by atoms with Crippen LogP contribution < -0.4 is 5.32 Å². The molecular formula is C13H15N3O4S. The summed E-state index contributed by atoms with van der Waals surface area (Å²) < 4.78 is 0. The molecule has 0 saturated heterocycles. The lowest BCUT2D eigenvalue weighted by atomic mass is 10.0. The molecule has 8 heteroatoms. The molecule has 0 fully saturated rings. The first-order chi connectivity index (χ1) is 9.90. The third kappa shape index (κ3) is 3.27. The first-order valence-electron chi connectivity index (χ1n) is 6.36. The fraction of sp³-hybridized carbons (Fsp3) is 0.385. The van der Waals surface area contributed by atoms with Gasteiger partial charge in [0.15, 0.2) is 5.78 Å². The molecule has 0 spiro atoms. The van der Waals surface area contributed by atoms with Gasteiger partial charge in [0, 0.05) is 26.2 Å². The Morgan fingerprint density at radius 1 is 1.48 bits per heavy atom. The summed E-state index contributed by atoms with van der Waals surface area (Å²) >= 11 is 1.21. The monoisotopic (exact) mass is 309 g/mol. The number of rotatable bonds is 5. The lowest BCUT2D eigenvalue weighted by Gasteiger charge is -2.15. The minimum absolute atomic E-state index is 0.204. The van der Waals surface area contributed by atoms with E-state index in [0.29, 0.717) is 29.4 Å². The van der Waals surface area contributed by atoms with Gasteiger partial charge in [-0.05, 0) is 13.3 Å². The van der Waals surface area contributed by atoms with Crippen LogP contribution in [0.4, 0.5) is 4.79 Å². The Labute approximate surface area is 125 Å². The lowest BCUT2D eigenvalue weighted by Crippen LogP contribution is -2.31. The first-order valence-corrected chi connectivity index (χ1v) is 7.18. The second-order valence-corrected chi connectivity index (χ2v) is 5.85. The number of nitrogens with zero attached hydrogens (tertiary/aromatic N) is 2. The molecule has 0 saturated carbocycles. The average molecular weight is 309 g/mol. The van der Waals surface area contributed by atoms with Gasteiger partial charge in [0.25, 0.3) is 0 Å². The number of thiazole rings is 1. The van der Waals surface area contributed by atoms with E-state index in [1.807, 2.05) is 0 Å². The average Bonchev–Trinajstić information content (AvgIpc) is 2.82. The van der Waals surface area contributed by atoms with Crippen LogP contribution in [0.3, 0.4) is 0 Å². The summed E-state index contributed by atoms with van der Waals surface area (Å²) in [5, 5.41) is 12.3. The maximum Gasteiger partial charge on any atom is 0.407 e. The molecule has 1 heterocycles. The van der Waals surface area contributed by atoms with Gasteiger partial charge in [-0.15, -0.1) is 11.3 Å². The van der Waals surface area contributed by atoms with Crippen LogP contribution in [0.5, 0.6) is 0 Å². The molecule has 1 aromatic rings.